The molecule has 8 aliphatic rings. The number of halogens is 2. The molecule has 6 amide bonds. The van der Waals surface area contributed by atoms with E-state index in [2.05, 4.69) is 72.1 Å². The van der Waals surface area contributed by atoms with Crippen molar-refractivity contribution in [1.29, 1.82) is 0 Å². The monoisotopic (exact) mass is 2040 g/mol. The second-order valence-electron chi connectivity index (χ2n) is 41.7. The number of hydrogen-bond acceptors (Lipinski definition) is 21. The van der Waals surface area contributed by atoms with Gasteiger partial charge in [0.1, 0.15) is 66.1 Å². The molecule has 0 bridgehead atoms. The van der Waals surface area contributed by atoms with Crippen LogP contribution in [0.5, 0.6) is 35.3 Å². The predicted molar refractivity (Wildman–Crippen MR) is 556 cm³/mol. The van der Waals surface area contributed by atoms with Gasteiger partial charge in [-0.3, -0.25) is 56.9 Å². The second kappa shape index (κ2) is 53.2. The Bertz CT molecular complexity index is 6100. The van der Waals surface area contributed by atoms with E-state index >= 15 is 0 Å². The van der Waals surface area contributed by atoms with Crippen LogP contribution in [0.4, 0.5) is 8.78 Å². The molecule has 149 heavy (non-hydrogen) atoms. The maximum atomic E-state index is 12.7. The van der Waals surface area contributed by atoms with Gasteiger partial charge in [-0.2, -0.15) is 0 Å². The maximum absolute atomic E-state index is 12.7. The van der Waals surface area contributed by atoms with Crippen LogP contribution in [0.2, 0.25) is 0 Å². The Labute approximate surface area is 871 Å². The Balaban J connectivity index is 0.000000134. The lowest BCUT2D eigenvalue weighted by molar-refractivity contribution is -0.142. The second-order valence-corrected chi connectivity index (χ2v) is 41.7. The van der Waals surface area contributed by atoms with Gasteiger partial charge in [0.15, 0.2) is 0 Å². The predicted octanol–water partition coefficient (Wildman–Crippen LogP) is 17.2. The minimum absolute atomic E-state index is 0.0126. The van der Waals surface area contributed by atoms with Crippen LogP contribution in [0, 0.1) is 22.7 Å². The van der Waals surface area contributed by atoms with E-state index in [0.29, 0.717) is 197 Å². The smallest absolute Gasteiger partial charge is 0.268 e. The molecule has 6 aromatic carbocycles. The molecule has 0 atom stereocenters. The number of rotatable bonds is 32. The van der Waals surface area contributed by atoms with E-state index in [1.165, 1.54) is 38.5 Å². The molecule has 20 rings (SSSR count). The van der Waals surface area contributed by atoms with E-state index in [1.54, 1.807) is 20.5 Å². The van der Waals surface area contributed by atoms with Crippen molar-refractivity contribution in [3.63, 3.8) is 0 Å². The molecule has 0 spiro atoms. The summed E-state index contributed by atoms with van der Waals surface area (Å²) in [6.45, 7) is 31.2. The van der Waals surface area contributed by atoms with E-state index in [9.17, 15) is 37.5 Å². The Kier molecular flexibility index (Phi) is 39.0. The standard InChI is InChI=1S/C20H27N3O3.C20H25N3O2.C19H23N3O2.C19H25N3O2.C18H21F2N3O3.C18H23N3O3/c1-20(2,3)15-25-14-19(24)22-9-10-23-17(12-22)11-18(21-23)26-13-16-7-5-4-6-8-16;24-20(12-16-6-4-5-7-16)22-10-11-23-18(14-22)13-19(21-23)25-15-17-8-2-1-3-9-17;23-19(16-8-4-5-9-16)21-10-11-22-17(13-21)12-18(20-22)24-14-15-6-2-1-3-7-15;1-19(2,3)12-18(23)21-9-10-22-16(13-21)11-17(20-22)24-14-15-7-5-4-6-8-15;1-18(19,20)13-25-12-17(24)22-7-8-23-15(10-22)9-16(21-23)26-11-14-5-3-2-4-6-14;1-14(2)23-13-18(22)20-8-9-21-16(11-20)10-17(19-21)24-12-15-6-4-3-5-7-15/h4-8,11H,9-10,12-15H2,1-3H3;1-3,8-9,13,16H,4-7,10-12,14-15H2;1-3,6-7,12,16H,4-5,8-11,13-14H2;4-8,11H,9-10,12-14H2,1-3H3;2-6,9H,7-8,10-13H2,1H3;3-7,10,14H,8-9,11-13H2,1-2H3. The van der Waals surface area contributed by atoms with E-state index < -0.39 is 12.5 Å². The molecule has 0 radical (unpaired) electrons. The minimum Gasteiger partial charge on any atom is -0.472 e. The van der Waals surface area contributed by atoms with Gasteiger partial charge in [0.2, 0.25) is 70.7 Å². The molecule has 0 unspecified atom stereocenters. The molecule has 0 N–H and O–H groups in total. The number of carbonyl (C=O) groups excluding carboxylic acids is 6. The lowest BCUT2D eigenvalue weighted by Gasteiger charge is -2.30. The van der Waals surface area contributed by atoms with Crippen LogP contribution in [0.15, 0.2) is 218 Å². The van der Waals surface area contributed by atoms with Crippen molar-refractivity contribution in [3.8, 4) is 35.3 Å². The van der Waals surface area contributed by atoms with Crippen LogP contribution in [0.25, 0.3) is 0 Å². The number of hydrogen-bond donors (Lipinski definition) is 0. The van der Waals surface area contributed by atoms with E-state index in [0.717, 1.165) is 120 Å². The lowest BCUT2D eigenvalue weighted by atomic mass is 9.91. The topological polar surface area (TPSA) is 312 Å². The van der Waals surface area contributed by atoms with E-state index in [4.69, 9.17) is 42.6 Å². The number of alkyl halides is 2. The van der Waals surface area contributed by atoms with Gasteiger partial charge in [-0.25, -0.2) is 8.78 Å². The number of amides is 6. The quantitative estimate of drug-likeness (QED) is 0.0378. The van der Waals surface area contributed by atoms with Gasteiger partial charge < -0.3 is 72.0 Å². The van der Waals surface area contributed by atoms with Crippen molar-refractivity contribution in [2.45, 2.75) is 257 Å². The molecule has 6 aliphatic heterocycles. The van der Waals surface area contributed by atoms with Crippen molar-refractivity contribution >= 4 is 35.4 Å². The van der Waals surface area contributed by atoms with E-state index in [-0.39, 0.29) is 66.3 Å². The van der Waals surface area contributed by atoms with Gasteiger partial charge >= 0.3 is 0 Å². The van der Waals surface area contributed by atoms with Crippen molar-refractivity contribution < 1.29 is 80.2 Å². The number of carbonyl (C=O) groups is 6. The maximum Gasteiger partial charge on any atom is 0.268 e. The van der Waals surface area contributed by atoms with Gasteiger partial charge in [0.25, 0.3) is 5.92 Å². The first-order chi connectivity index (χ1) is 71.9. The number of nitrogens with zero attached hydrogens (tertiary/aromatic N) is 18. The molecule has 6 aromatic heterocycles. The number of fused-ring (bicyclic) bond motifs is 6. The lowest BCUT2D eigenvalue weighted by Crippen LogP contribution is -2.41. The Morgan fingerprint density at radius 2 is 0.557 bits per heavy atom. The summed E-state index contributed by atoms with van der Waals surface area (Å²) in [5, 5.41) is 26.8. The fraction of sp³-hybridized carbons (Fsp3) is 0.474. The SMILES string of the molecule is CC(C)(C)CC(=O)N1CCn2nc(OCc3ccccc3)cc2C1.CC(C)(C)COCC(=O)N1CCn2nc(OCc3ccccc3)cc2C1.CC(C)OCC(=O)N1CCn2nc(OCc3ccccc3)cc2C1.CC(F)(F)COCC(=O)N1CCn2nc(OCc3ccccc3)cc2C1.O=C(C1CCCC1)N1CCn2nc(OCc3ccccc3)cc2C1.O=C(CC1CCCC1)N1CCn2nc(OCc3ccccc3)cc2C1. The molecule has 2 saturated carbocycles. The summed E-state index contributed by atoms with van der Waals surface area (Å²) in [5.41, 5.74) is 12.7. The summed E-state index contributed by atoms with van der Waals surface area (Å²) in [6, 6.07) is 71.5. The summed E-state index contributed by atoms with van der Waals surface area (Å²) in [7, 11) is 0. The van der Waals surface area contributed by atoms with Crippen LogP contribution in [0.3, 0.4) is 0 Å². The largest absolute Gasteiger partial charge is 0.472 e. The van der Waals surface area contributed by atoms with Crippen LogP contribution < -0.4 is 28.4 Å². The summed E-state index contributed by atoms with van der Waals surface area (Å²) >= 11 is 0. The first-order valence-electron chi connectivity index (χ1n) is 52.1. The highest BCUT2D eigenvalue weighted by molar-refractivity contribution is 5.80. The summed E-state index contributed by atoms with van der Waals surface area (Å²) in [5.74, 6) is 2.07. The molecular weight excluding hydrogens is 1900 g/mol. The van der Waals surface area contributed by atoms with Gasteiger partial charge in [-0.1, -0.05) is 249 Å². The van der Waals surface area contributed by atoms with Crippen molar-refractivity contribution in [1.82, 2.24) is 88.1 Å². The fourth-order valence-corrected chi connectivity index (χ4v) is 18.4. The minimum atomic E-state index is -2.94. The molecule has 12 aromatic rings. The molecule has 35 heteroatoms. The molecule has 2 fully saturated rings. The summed E-state index contributed by atoms with van der Waals surface area (Å²) in [6.07, 6.45) is 10.8. The molecule has 2 aliphatic carbocycles. The van der Waals surface area contributed by atoms with E-state index in [1.807, 2.05) is 269 Å². The fourth-order valence-electron chi connectivity index (χ4n) is 18.4. The molecule has 33 nitrogen and oxygen atoms in total. The zero-order chi connectivity index (χ0) is 105. The third kappa shape index (κ3) is 34.5. The number of benzene rings is 6. The van der Waals surface area contributed by atoms with Gasteiger partial charge in [-0.15, -0.1) is 30.6 Å². The first kappa shape index (κ1) is 109. The average Bonchev–Trinajstić information content (AvgIpc) is 1.69. The van der Waals surface area contributed by atoms with Gasteiger partial charge in [-0.05, 0) is 89.7 Å². The van der Waals surface area contributed by atoms with Crippen LogP contribution >= 0.6 is 0 Å². The summed E-state index contributed by atoms with van der Waals surface area (Å²) in [4.78, 5) is 85.3. The van der Waals surface area contributed by atoms with Gasteiger partial charge in [0.05, 0.1) is 125 Å². The highest BCUT2D eigenvalue weighted by atomic mass is 19.3. The zero-order valence-electron chi connectivity index (χ0n) is 87.5. The van der Waals surface area contributed by atoms with Crippen molar-refractivity contribution in [2.24, 2.45) is 22.7 Å². The van der Waals surface area contributed by atoms with Crippen LogP contribution in [-0.4, -0.2) is 208 Å². The Hall–Kier alpha value is -14.1. The van der Waals surface area contributed by atoms with Crippen molar-refractivity contribution in [3.05, 3.63) is 286 Å². The Morgan fingerprint density at radius 1 is 0.309 bits per heavy atom. The molecular formula is C114H144F2N18O15. The van der Waals surface area contributed by atoms with Crippen LogP contribution in [0.1, 0.15) is 194 Å². The normalized spacial score (nSPS) is 15.3. The average molecular weight is 2040 g/mol. The number of ether oxygens (including phenoxy) is 9. The van der Waals surface area contributed by atoms with Crippen LogP contribution in [-0.2, 0) is 161 Å². The van der Waals surface area contributed by atoms with Crippen molar-refractivity contribution in [2.75, 3.05) is 72.3 Å². The summed E-state index contributed by atoms with van der Waals surface area (Å²) < 4.78 is 87.4. The zero-order valence-corrected chi connectivity index (χ0v) is 87.5. The Morgan fingerprint density at radius 3 is 0.826 bits per heavy atom. The molecule has 794 valence electrons. The third-order valence-electron chi connectivity index (χ3n) is 26.3. The third-order valence-corrected chi connectivity index (χ3v) is 26.3. The highest BCUT2D eigenvalue weighted by Crippen LogP contribution is 2.34. The number of aromatic nitrogens is 12. The first-order valence-corrected chi connectivity index (χ1v) is 52.1. The van der Waals surface area contributed by atoms with Gasteiger partial charge in [0, 0.05) is 101 Å². The molecule has 0 saturated heterocycles. The highest BCUT2D eigenvalue weighted by Gasteiger charge is 2.35. The molecule has 12 heterocycles.